The lowest BCUT2D eigenvalue weighted by Crippen LogP contribution is -2.06. The fourth-order valence-corrected chi connectivity index (χ4v) is 1.55. The van der Waals surface area contributed by atoms with Crippen molar-refractivity contribution in [3.05, 3.63) is 41.4 Å². The predicted molar refractivity (Wildman–Crippen MR) is 63.9 cm³/mol. The van der Waals surface area contributed by atoms with Crippen LogP contribution in [0.5, 0.6) is 0 Å². The SMILES string of the molecule is CCC(N)c1cc(-c2ccc(C)c(F)c2)no1. The number of halogens is 1. The number of benzene rings is 1. The van der Waals surface area contributed by atoms with Crippen molar-refractivity contribution in [1.82, 2.24) is 5.16 Å². The lowest BCUT2D eigenvalue weighted by Gasteiger charge is -2.01. The Morgan fingerprint density at radius 2 is 2.18 bits per heavy atom. The summed E-state index contributed by atoms with van der Waals surface area (Å²) in [5, 5.41) is 3.90. The largest absolute Gasteiger partial charge is 0.359 e. The van der Waals surface area contributed by atoms with E-state index in [4.69, 9.17) is 10.3 Å². The van der Waals surface area contributed by atoms with Gasteiger partial charge in [-0.1, -0.05) is 24.2 Å². The summed E-state index contributed by atoms with van der Waals surface area (Å²) >= 11 is 0. The highest BCUT2D eigenvalue weighted by Gasteiger charge is 2.12. The minimum Gasteiger partial charge on any atom is -0.359 e. The molecule has 1 unspecified atom stereocenters. The normalized spacial score (nSPS) is 12.7. The van der Waals surface area contributed by atoms with Crippen LogP contribution in [0.25, 0.3) is 11.3 Å². The quantitative estimate of drug-likeness (QED) is 0.887. The first-order valence-electron chi connectivity index (χ1n) is 5.60. The molecule has 1 aromatic carbocycles. The Kier molecular flexibility index (Phi) is 3.24. The van der Waals surface area contributed by atoms with E-state index in [1.807, 2.05) is 13.0 Å². The molecule has 0 aliphatic rings. The van der Waals surface area contributed by atoms with E-state index >= 15 is 0 Å². The second-order valence-corrected chi connectivity index (χ2v) is 4.09. The van der Waals surface area contributed by atoms with Crippen molar-refractivity contribution < 1.29 is 8.91 Å². The number of rotatable bonds is 3. The molecule has 2 rings (SSSR count). The summed E-state index contributed by atoms with van der Waals surface area (Å²) in [7, 11) is 0. The number of nitrogens with zero attached hydrogens (tertiary/aromatic N) is 1. The zero-order valence-electron chi connectivity index (χ0n) is 9.90. The second kappa shape index (κ2) is 4.67. The van der Waals surface area contributed by atoms with Gasteiger partial charge in [-0.15, -0.1) is 0 Å². The molecule has 1 aromatic heterocycles. The van der Waals surface area contributed by atoms with Crippen LogP contribution in [-0.4, -0.2) is 5.16 Å². The minimum atomic E-state index is -0.244. The Hall–Kier alpha value is -1.68. The molecule has 1 atom stereocenters. The lowest BCUT2D eigenvalue weighted by molar-refractivity contribution is 0.360. The van der Waals surface area contributed by atoms with E-state index in [0.29, 0.717) is 22.6 Å². The summed E-state index contributed by atoms with van der Waals surface area (Å²) < 4.78 is 18.6. The maximum Gasteiger partial charge on any atom is 0.154 e. The van der Waals surface area contributed by atoms with Gasteiger partial charge in [0.05, 0.1) is 6.04 Å². The first-order chi connectivity index (χ1) is 8.11. The molecule has 2 aromatic rings. The van der Waals surface area contributed by atoms with E-state index in [0.717, 1.165) is 6.42 Å². The molecule has 0 fully saturated rings. The van der Waals surface area contributed by atoms with Crippen molar-refractivity contribution in [2.45, 2.75) is 26.3 Å². The first-order valence-corrected chi connectivity index (χ1v) is 5.60. The van der Waals surface area contributed by atoms with Gasteiger partial charge in [-0.25, -0.2) is 4.39 Å². The fourth-order valence-electron chi connectivity index (χ4n) is 1.55. The van der Waals surface area contributed by atoms with Gasteiger partial charge in [0.25, 0.3) is 0 Å². The molecule has 1 heterocycles. The molecule has 0 aliphatic heterocycles. The molecule has 0 saturated heterocycles. The van der Waals surface area contributed by atoms with Gasteiger partial charge in [-0.2, -0.15) is 0 Å². The number of aromatic nitrogens is 1. The number of aryl methyl sites for hydroxylation is 1. The zero-order chi connectivity index (χ0) is 12.4. The second-order valence-electron chi connectivity index (χ2n) is 4.09. The van der Waals surface area contributed by atoms with Crippen molar-refractivity contribution in [2.75, 3.05) is 0 Å². The zero-order valence-corrected chi connectivity index (χ0v) is 9.90. The number of hydrogen-bond donors (Lipinski definition) is 1. The molecule has 17 heavy (non-hydrogen) atoms. The van der Waals surface area contributed by atoms with E-state index in [2.05, 4.69) is 5.16 Å². The summed E-state index contributed by atoms with van der Waals surface area (Å²) in [6.45, 7) is 3.69. The van der Waals surface area contributed by atoms with Crippen LogP contribution < -0.4 is 5.73 Å². The molecular weight excluding hydrogens is 219 g/mol. The molecule has 0 bridgehead atoms. The maximum absolute atomic E-state index is 13.4. The molecule has 0 radical (unpaired) electrons. The summed E-state index contributed by atoms with van der Waals surface area (Å²) in [4.78, 5) is 0. The van der Waals surface area contributed by atoms with E-state index in [-0.39, 0.29) is 11.9 Å². The summed E-state index contributed by atoms with van der Waals surface area (Å²) in [5.74, 6) is 0.385. The Morgan fingerprint density at radius 3 is 2.82 bits per heavy atom. The molecule has 3 nitrogen and oxygen atoms in total. The summed E-state index contributed by atoms with van der Waals surface area (Å²) in [5.41, 5.74) is 7.76. The van der Waals surface area contributed by atoms with Crippen LogP contribution in [0.15, 0.2) is 28.8 Å². The molecule has 0 saturated carbocycles. The van der Waals surface area contributed by atoms with Gasteiger partial charge < -0.3 is 10.3 Å². The third-order valence-electron chi connectivity index (χ3n) is 2.80. The Morgan fingerprint density at radius 1 is 1.41 bits per heavy atom. The first kappa shape index (κ1) is 11.8. The highest BCUT2D eigenvalue weighted by Crippen LogP contribution is 2.24. The van der Waals surface area contributed by atoms with Gasteiger partial charge >= 0.3 is 0 Å². The van der Waals surface area contributed by atoms with Crippen LogP contribution in [0.1, 0.15) is 30.7 Å². The smallest absolute Gasteiger partial charge is 0.154 e. The molecule has 90 valence electrons. The van der Waals surface area contributed by atoms with Crippen LogP contribution in [0.2, 0.25) is 0 Å². The van der Waals surface area contributed by atoms with Crippen LogP contribution in [0, 0.1) is 12.7 Å². The molecule has 4 heteroatoms. The van der Waals surface area contributed by atoms with Crippen LogP contribution >= 0.6 is 0 Å². The standard InChI is InChI=1S/C13H15FN2O/c1-3-11(15)13-7-12(16-17-13)9-5-4-8(2)10(14)6-9/h4-7,11H,3,15H2,1-2H3. The van der Waals surface area contributed by atoms with Crippen molar-refractivity contribution in [2.24, 2.45) is 5.73 Å². The number of nitrogens with two attached hydrogens (primary N) is 1. The van der Waals surface area contributed by atoms with Crippen molar-refractivity contribution in [3.63, 3.8) is 0 Å². The molecule has 2 N–H and O–H groups in total. The highest BCUT2D eigenvalue weighted by atomic mass is 19.1. The average molecular weight is 234 g/mol. The fraction of sp³-hybridized carbons (Fsp3) is 0.308. The predicted octanol–water partition coefficient (Wildman–Crippen LogP) is 3.20. The molecular formula is C13H15FN2O. The monoisotopic (exact) mass is 234 g/mol. The van der Waals surface area contributed by atoms with Crippen LogP contribution in [-0.2, 0) is 0 Å². The molecule has 0 spiro atoms. The maximum atomic E-state index is 13.4. The van der Waals surface area contributed by atoms with Gasteiger partial charge in [0.1, 0.15) is 11.5 Å². The third kappa shape index (κ3) is 2.36. The van der Waals surface area contributed by atoms with Crippen LogP contribution in [0.3, 0.4) is 0 Å². The Labute approximate surface area is 99.4 Å². The minimum absolute atomic E-state index is 0.161. The van der Waals surface area contributed by atoms with Crippen molar-refractivity contribution in [3.8, 4) is 11.3 Å². The van der Waals surface area contributed by atoms with Crippen molar-refractivity contribution in [1.29, 1.82) is 0 Å². The molecule has 0 aliphatic carbocycles. The van der Waals surface area contributed by atoms with E-state index < -0.39 is 0 Å². The van der Waals surface area contributed by atoms with Gasteiger partial charge in [0.15, 0.2) is 5.76 Å². The van der Waals surface area contributed by atoms with Crippen molar-refractivity contribution >= 4 is 0 Å². The summed E-state index contributed by atoms with van der Waals surface area (Å²) in [6.07, 6.45) is 0.775. The molecule has 0 amide bonds. The van der Waals surface area contributed by atoms with Crippen LogP contribution in [0.4, 0.5) is 4.39 Å². The Bertz CT molecular complexity index is 522. The third-order valence-corrected chi connectivity index (χ3v) is 2.80. The summed E-state index contributed by atoms with van der Waals surface area (Å²) in [6, 6.07) is 6.59. The van der Waals surface area contributed by atoms with E-state index in [1.54, 1.807) is 19.1 Å². The van der Waals surface area contributed by atoms with Gasteiger partial charge in [-0.3, -0.25) is 0 Å². The van der Waals surface area contributed by atoms with Gasteiger partial charge in [0, 0.05) is 11.6 Å². The highest BCUT2D eigenvalue weighted by molar-refractivity contribution is 5.59. The van der Waals surface area contributed by atoms with E-state index in [9.17, 15) is 4.39 Å². The Balaban J connectivity index is 2.33. The van der Waals surface area contributed by atoms with Gasteiger partial charge in [-0.05, 0) is 25.0 Å². The average Bonchev–Trinajstić information content (AvgIpc) is 2.81. The lowest BCUT2D eigenvalue weighted by atomic mass is 10.1. The van der Waals surface area contributed by atoms with Gasteiger partial charge in [0.2, 0.25) is 0 Å². The topological polar surface area (TPSA) is 52.0 Å². The number of hydrogen-bond acceptors (Lipinski definition) is 3. The van der Waals surface area contributed by atoms with E-state index in [1.165, 1.54) is 6.07 Å².